The Morgan fingerprint density at radius 1 is 1.18 bits per heavy atom. The molecule has 1 fully saturated rings. The molecule has 1 saturated heterocycles. The number of anilines is 1. The maximum atomic E-state index is 12.0. The second kappa shape index (κ2) is 4.20. The first-order valence-electron chi connectivity index (χ1n) is 5.66. The van der Waals surface area contributed by atoms with Crippen molar-refractivity contribution in [3.63, 3.8) is 0 Å². The average Bonchev–Trinajstić information content (AvgIpc) is 2.22. The van der Waals surface area contributed by atoms with Crippen molar-refractivity contribution in [3.8, 4) is 0 Å². The molecule has 1 heterocycles. The van der Waals surface area contributed by atoms with Crippen LogP contribution >= 0.6 is 0 Å². The molecular weight excluding hydrogens is 216 g/mol. The lowest BCUT2D eigenvalue weighted by Crippen LogP contribution is -2.57. The van der Waals surface area contributed by atoms with Crippen molar-refractivity contribution in [2.45, 2.75) is 26.8 Å². The van der Waals surface area contributed by atoms with E-state index in [1.54, 1.807) is 11.8 Å². The van der Waals surface area contributed by atoms with E-state index >= 15 is 0 Å². The number of hydrogen-bond acceptors (Lipinski definition) is 2. The second-order valence-electron chi connectivity index (χ2n) is 4.56. The molecule has 90 valence electrons. The van der Waals surface area contributed by atoms with E-state index in [9.17, 15) is 9.59 Å². The van der Waals surface area contributed by atoms with Crippen molar-refractivity contribution >= 4 is 17.5 Å². The van der Waals surface area contributed by atoms with Crippen molar-refractivity contribution in [2.75, 3.05) is 11.4 Å². The minimum Gasteiger partial charge on any atom is -0.343 e. The number of aryl methyl sites for hydroxylation is 2. The van der Waals surface area contributed by atoms with Crippen LogP contribution in [-0.4, -0.2) is 24.4 Å². The van der Waals surface area contributed by atoms with Gasteiger partial charge in [-0.15, -0.1) is 0 Å². The Morgan fingerprint density at radius 2 is 1.76 bits per heavy atom. The Morgan fingerprint density at radius 3 is 2.35 bits per heavy atom. The SMILES string of the molecule is Cc1cc(C)cc(N2CC(=O)NC(C)C2=O)c1. The molecule has 1 unspecified atom stereocenters. The molecule has 1 N–H and O–H groups in total. The van der Waals surface area contributed by atoms with Gasteiger partial charge < -0.3 is 10.2 Å². The molecule has 2 amide bonds. The summed E-state index contributed by atoms with van der Waals surface area (Å²) >= 11 is 0. The Labute approximate surface area is 101 Å². The number of amides is 2. The van der Waals surface area contributed by atoms with Gasteiger partial charge in [-0.25, -0.2) is 0 Å². The lowest BCUT2D eigenvalue weighted by Gasteiger charge is -2.31. The normalized spacial score (nSPS) is 20.4. The minimum atomic E-state index is -0.447. The summed E-state index contributed by atoms with van der Waals surface area (Å²) in [6.07, 6.45) is 0. The van der Waals surface area contributed by atoms with Crippen molar-refractivity contribution in [1.82, 2.24) is 5.32 Å². The fourth-order valence-electron chi connectivity index (χ4n) is 2.13. The van der Waals surface area contributed by atoms with Crippen LogP contribution in [0.25, 0.3) is 0 Å². The summed E-state index contributed by atoms with van der Waals surface area (Å²) in [6, 6.07) is 5.45. The summed E-state index contributed by atoms with van der Waals surface area (Å²) < 4.78 is 0. The van der Waals surface area contributed by atoms with Gasteiger partial charge in [0.05, 0.1) is 0 Å². The van der Waals surface area contributed by atoms with Crippen LogP contribution in [0.3, 0.4) is 0 Å². The summed E-state index contributed by atoms with van der Waals surface area (Å²) in [5.41, 5.74) is 2.98. The van der Waals surface area contributed by atoms with Gasteiger partial charge in [0, 0.05) is 5.69 Å². The molecule has 2 rings (SSSR count). The first-order valence-corrected chi connectivity index (χ1v) is 5.66. The molecule has 1 aromatic carbocycles. The van der Waals surface area contributed by atoms with E-state index in [0.717, 1.165) is 16.8 Å². The lowest BCUT2D eigenvalue weighted by atomic mass is 10.1. The molecule has 0 bridgehead atoms. The van der Waals surface area contributed by atoms with Crippen molar-refractivity contribution in [1.29, 1.82) is 0 Å². The van der Waals surface area contributed by atoms with E-state index in [1.165, 1.54) is 0 Å². The van der Waals surface area contributed by atoms with Gasteiger partial charge in [0.1, 0.15) is 12.6 Å². The summed E-state index contributed by atoms with van der Waals surface area (Å²) in [5, 5.41) is 2.63. The molecular formula is C13H16N2O2. The zero-order valence-electron chi connectivity index (χ0n) is 10.3. The van der Waals surface area contributed by atoms with Crippen LogP contribution in [0.5, 0.6) is 0 Å². The quantitative estimate of drug-likeness (QED) is 0.789. The molecule has 4 nitrogen and oxygen atoms in total. The number of hydrogen-bond donors (Lipinski definition) is 1. The summed E-state index contributed by atoms with van der Waals surface area (Å²) in [7, 11) is 0. The lowest BCUT2D eigenvalue weighted by molar-refractivity contribution is -0.130. The van der Waals surface area contributed by atoms with E-state index in [-0.39, 0.29) is 18.4 Å². The predicted octanol–water partition coefficient (Wildman–Crippen LogP) is 1.15. The first kappa shape index (κ1) is 11.6. The smallest absolute Gasteiger partial charge is 0.249 e. The highest BCUT2D eigenvalue weighted by atomic mass is 16.2. The van der Waals surface area contributed by atoms with Crippen LogP contribution in [0, 0.1) is 13.8 Å². The minimum absolute atomic E-state index is 0.0606. The highest BCUT2D eigenvalue weighted by Crippen LogP contribution is 2.20. The first-order chi connectivity index (χ1) is 7.97. The van der Waals surface area contributed by atoms with E-state index < -0.39 is 6.04 Å². The van der Waals surface area contributed by atoms with Crippen LogP contribution < -0.4 is 10.2 Å². The van der Waals surface area contributed by atoms with Gasteiger partial charge in [0.15, 0.2) is 0 Å². The third kappa shape index (κ3) is 2.30. The van der Waals surface area contributed by atoms with Gasteiger partial charge in [0.25, 0.3) is 0 Å². The maximum absolute atomic E-state index is 12.0. The van der Waals surface area contributed by atoms with Gasteiger partial charge in [-0.3, -0.25) is 9.59 Å². The molecule has 0 aromatic heterocycles. The van der Waals surface area contributed by atoms with Crippen LogP contribution in [0.15, 0.2) is 18.2 Å². The molecule has 1 aromatic rings. The third-order valence-electron chi connectivity index (χ3n) is 2.83. The predicted molar refractivity (Wildman–Crippen MR) is 65.9 cm³/mol. The number of carbonyl (C=O) groups is 2. The number of benzene rings is 1. The molecule has 4 heteroatoms. The topological polar surface area (TPSA) is 49.4 Å². The second-order valence-corrected chi connectivity index (χ2v) is 4.56. The van der Waals surface area contributed by atoms with Gasteiger partial charge in [-0.2, -0.15) is 0 Å². The Hall–Kier alpha value is -1.84. The molecule has 17 heavy (non-hydrogen) atoms. The summed E-state index contributed by atoms with van der Waals surface area (Å²) in [4.78, 5) is 25.0. The Kier molecular flexibility index (Phi) is 2.88. The van der Waals surface area contributed by atoms with Crippen LogP contribution in [0.4, 0.5) is 5.69 Å². The van der Waals surface area contributed by atoms with Gasteiger partial charge >= 0.3 is 0 Å². The molecule has 1 aliphatic heterocycles. The third-order valence-corrected chi connectivity index (χ3v) is 2.83. The molecule has 1 atom stereocenters. The summed E-state index contributed by atoms with van der Waals surface area (Å²) in [5.74, 6) is -0.175. The maximum Gasteiger partial charge on any atom is 0.249 e. The number of nitrogens with zero attached hydrogens (tertiary/aromatic N) is 1. The Bertz CT molecular complexity index is 462. The van der Waals surface area contributed by atoms with Crippen LogP contribution in [0.1, 0.15) is 18.1 Å². The zero-order valence-corrected chi connectivity index (χ0v) is 10.3. The molecule has 1 aliphatic rings. The van der Waals surface area contributed by atoms with Crippen molar-refractivity contribution in [2.24, 2.45) is 0 Å². The van der Waals surface area contributed by atoms with Crippen molar-refractivity contribution in [3.05, 3.63) is 29.3 Å². The van der Waals surface area contributed by atoms with E-state index in [0.29, 0.717) is 0 Å². The highest BCUT2D eigenvalue weighted by molar-refractivity contribution is 6.06. The highest BCUT2D eigenvalue weighted by Gasteiger charge is 2.30. The van der Waals surface area contributed by atoms with E-state index in [1.807, 2.05) is 32.0 Å². The number of carbonyl (C=O) groups excluding carboxylic acids is 2. The monoisotopic (exact) mass is 232 g/mol. The molecule has 0 saturated carbocycles. The summed E-state index contributed by atoms with van der Waals surface area (Å²) in [6.45, 7) is 5.77. The number of rotatable bonds is 1. The number of piperazine rings is 1. The van der Waals surface area contributed by atoms with Gasteiger partial charge in [-0.1, -0.05) is 6.07 Å². The number of nitrogens with one attached hydrogen (secondary N) is 1. The average molecular weight is 232 g/mol. The van der Waals surface area contributed by atoms with Crippen LogP contribution in [0.2, 0.25) is 0 Å². The van der Waals surface area contributed by atoms with Crippen molar-refractivity contribution < 1.29 is 9.59 Å². The zero-order chi connectivity index (χ0) is 12.6. The van der Waals surface area contributed by atoms with Crippen LogP contribution in [-0.2, 0) is 9.59 Å². The standard InChI is InChI=1S/C13H16N2O2/c1-8-4-9(2)6-11(5-8)15-7-12(16)14-10(3)13(15)17/h4-6,10H,7H2,1-3H3,(H,14,16). The van der Waals surface area contributed by atoms with Gasteiger partial charge in [-0.05, 0) is 44.0 Å². The fourth-order valence-corrected chi connectivity index (χ4v) is 2.13. The Balaban J connectivity index is 2.37. The van der Waals surface area contributed by atoms with Gasteiger partial charge in [0.2, 0.25) is 11.8 Å². The molecule has 0 spiro atoms. The molecule has 0 radical (unpaired) electrons. The molecule has 0 aliphatic carbocycles. The fraction of sp³-hybridized carbons (Fsp3) is 0.385. The largest absolute Gasteiger partial charge is 0.343 e. The van der Waals surface area contributed by atoms with E-state index in [4.69, 9.17) is 0 Å². The van der Waals surface area contributed by atoms with E-state index in [2.05, 4.69) is 5.32 Å².